The summed E-state index contributed by atoms with van der Waals surface area (Å²) in [6.07, 6.45) is 1.97. The Morgan fingerprint density at radius 3 is 2.32 bits per heavy atom. The summed E-state index contributed by atoms with van der Waals surface area (Å²) in [6, 6.07) is 6.72. The lowest BCUT2D eigenvalue weighted by atomic mass is 10.0. The van der Waals surface area contributed by atoms with Crippen LogP contribution in [0.25, 0.3) is 0 Å². The molecule has 5 amide bonds. The fraction of sp³-hybridized carbons (Fsp3) is 0.500. The van der Waals surface area contributed by atoms with Gasteiger partial charge in [-0.3, -0.25) is 9.69 Å². The van der Waals surface area contributed by atoms with Gasteiger partial charge in [0.1, 0.15) is 5.54 Å². The van der Waals surface area contributed by atoms with E-state index in [2.05, 4.69) is 17.6 Å². The van der Waals surface area contributed by atoms with Gasteiger partial charge in [-0.15, -0.1) is 0 Å². The van der Waals surface area contributed by atoms with Crippen LogP contribution in [0.1, 0.15) is 39.2 Å². The number of hydrogen-bond acceptors (Lipinski definition) is 3. The maximum absolute atomic E-state index is 12.2. The third-order valence-corrected chi connectivity index (χ3v) is 4.39. The van der Waals surface area contributed by atoms with E-state index in [0.29, 0.717) is 18.8 Å². The third kappa shape index (κ3) is 4.10. The molecular weight excluding hydrogens is 320 g/mol. The maximum Gasteiger partial charge on any atom is 0.327 e. The minimum atomic E-state index is -0.859. The molecular formula is C18H26N4O3. The molecule has 1 aromatic rings. The molecule has 0 radical (unpaired) electrons. The Hall–Kier alpha value is -2.57. The highest BCUT2D eigenvalue weighted by Crippen LogP contribution is 2.28. The van der Waals surface area contributed by atoms with Gasteiger partial charge in [-0.1, -0.05) is 25.5 Å². The van der Waals surface area contributed by atoms with Crippen molar-refractivity contribution in [3.8, 4) is 0 Å². The van der Waals surface area contributed by atoms with Crippen LogP contribution in [0.5, 0.6) is 0 Å². The van der Waals surface area contributed by atoms with Crippen LogP contribution >= 0.6 is 0 Å². The summed E-state index contributed by atoms with van der Waals surface area (Å²) >= 11 is 0. The number of unbranched alkanes of at least 4 members (excludes halogenated alkanes) is 1. The largest absolute Gasteiger partial charge is 0.338 e. The van der Waals surface area contributed by atoms with Crippen LogP contribution in [-0.2, 0) is 11.3 Å². The Kier molecular flexibility index (Phi) is 5.66. The monoisotopic (exact) mass is 346 g/mol. The third-order valence-electron chi connectivity index (χ3n) is 4.39. The number of benzene rings is 1. The number of anilines is 1. The van der Waals surface area contributed by atoms with Gasteiger partial charge in [0.15, 0.2) is 0 Å². The predicted octanol–water partition coefficient (Wildman–Crippen LogP) is 2.78. The first-order valence-corrected chi connectivity index (χ1v) is 8.51. The van der Waals surface area contributed by atoms with Gasteiger partial charge < -0.3 is 15.5 Å². The number of nitrogens with one attached hydrogen (secondary N) is 2. The molecule has 0 unspecified atom stereocenters. The van der Waals surface area contributed by atoms with Crippen molar-refractivity contribution in [1.82, 2.24) is 15.1 Å². The second-order valence-electron chi connectivity index (χ2n) is 6.72. The minimum absolute atomic E-state index is 0.209. The lowest BCUT2D eigenvalue weighted by molar-refractivity contribution is -0.131. The smallest absolute Gasteiger partial charge is 0.327 e. The second-order valence-corrected chi connectivity index (χ2v) is 6.72. The molecule has 0 saturated carbocycles. The highest BCUT2D eigenvalue weighted by atomic mass is 16.2. The highest BCUT2D eigenvalue weighted by Gasteiger charge is 2.49. The molecule has 2 N–H and O–H groups in total. The van der Waals surface area contributed by atoms with Crippen molar-refractivity contribution in [2.45, 2.75) is 45.7 Å². The van der Waals surface area contributed by atoms with Gasteiger partial charge in [0.25, 0.3) is 5.91 Å². The number of carbonyl (C=O) groups excluding carboxylic acids is 3. The van der Waals surface area contributed by atoms with Gasteiger partial charge in [-0.05, 0) is 38.0 Å². The zero-order chi connectivity index (χ0) is 18.6. The Bertz CT molecular complexity index is 655. The van der Waals surface area contributed by atoms with E-state index in [1.54, 1.807) is 30.9 Å². The quantitative estimate of drug-likeness (QED) is 0.614. The van der Waals surface area contributed by atoms with Crippen molar-refractivity contribution < 1.29 is 14.4 Å². The average molecular weight is 346 g/mol. The molecule has 2 rings (SSSR count). The van der Waals surface area contributed by atoms with Gasteiger partial charge in [-0.2, -0.15) is 0 Å². The predicted molar refractivity (Wildman–Crippen MR) is 96.2 cm³/mol. The first kappa shape index (κ1) is 18.8. The van der Waals surface area contributed by atoms with Crippen molar-refractivity contribution in [2.75, 3.05) is 18.9 Å². The summed E-state index contributed by atoms with van der Waals surface area (Å²) in [7, 11) is 1.50. The van der Waals surface area contributed by atoms with Crippen LogP contribution in [0.2, 0.25) is 0 Å². The maximum atomic E-state index is 12.2. The van der Waals surface area contributed by atoms with E-state index in [1.807, 2.05) is 12.1 Å². The molecule has 0 atom stereocenters. The lowest BCUT2D eigenvalue weighted by Crippen LogP contribution is -2.43. The van der Waals surface area contributed by atoms with E-state index >= 15 is 0 Å². The molecule has 0 aromatic heterocycles. The number of hydrogen-bond donors (Lipinski definition) is 2. The molecule has 0 aliphatic carbocycles. The number of amides is 5. The van der Waals surface area contributed by atoms with Crippen molar-refractivity contribution in [1.29, 1.82) is 0 Å². The highest BCUT2D eigenvalue weighted by molar-refractivity contribution is 6.06. The number of rotatable bonds is 6. The molecule has 136 valence electrons. The minimum Gasteiger partial charge on any atom is -0.338 e. The summed E-state index contributed by atoms with van der Waals surface area (Å²) in [5, 5.41) is 5.55. The molecule has 7 heteroatoms. The lowest BCUT2D eigenvalue weighted by Gasteiger charge is -2.27. The van der Waals surface area contributed by atoms with Crippen LogP contribution in [0, 0.1) is 0 Å². The summed E-state index contributed by atoms with van der Waals surface area (Å²) in [5.41, 5.74) is 0.710. The van der Waals surface area contributed by atoms with Crippen LogP contribution in [0.4, 0.5) is 15.3 Å². The van der Waals surface area contributed by atoms with Gasteiger partial charge in [-0.25, -0.2) is 9.59 Å². The van der Waals surface area contributed by atoms with Crippen LogP contribution in [0.15, 0.2) is 24.3 Å². The first-order valence-electron chi connectivity index (χ1n) is 8.51. The fourth-order valence-electron chi connectivity index (χ4n) is 2.73. The Morgan fingerprint density at radius 2 is 1.80 bits per heavy atom. The van der Waals surface area contributed by atoms with E-state index in [4.69, 9.17) is 0 Å². The summed E-state index contributed by atoms with van der Waals surface area (Å²) in [4.78, 5) is 38.8. The standard InChI is InChI=1S/C18H26N4O3/c1-5-6-11-19-16(24)20-14-9-7-13(8-10-14)12-22-17(25)21(4)15(23)18(22,2)3/h7-10H,5-6,11-12H2,1-4H3,(H2,19,20,24). The van der Waals surface area contributed by atoms with Gasteiger partial charge in [0.2, 0.25) is 0 Å². The number of urea groups is 2. The zero-order valence-corrected chi connectivity index (χ0v) is 15.3. The molecule has 1 fully saturated rings. The van der Waals surface area contributed by atoms with Crippen LogP contribution in [0.3, 0.4) is 0 Å². The number of imide groups is 1. The van der Waals surface area contributed by atoms with Crippen LogP contribution < -0.4 is 10.6 Å². The zero-order valence-electron chi connectivity index (χ0n) is 15.3. The molecule has 25 heavy (non-hydrogen) atoms. The molecule has 1 aromatic carbocycles. The van der Waals surface area contributed by atoms with Crippen molar-refractivity contribution >= 4 is 23.7 Å². The van der Waals surface area contributed by atoms with Crippen molar-refractivity contribution in [2.24, 2.45) is 0 Å². The van der Waals surface area contributed by atoms with E-state index in [-0.39, 0.29) is 18.0 Å². The van der Waals surface area contributed by atoms with Gasteiger partial charge >= 0.3 is 12.1 Å². The molecule has 0 spiro atoms. The SMILES string of the molecule is CCCCNC(=O)Nc1ccc(CN2C(=O)N(C)C(=O)C2(C)C)cc1. The molecule has 1 aliphatic rings. The normalized spacial score (nSPS) is 16.3. The second kappa shape index (κ2) is 7.55. The summed E-state index contributed by atoms with van der Waals surface area (Å²) in [5.74, 6) is -0.209. The topological polar surface area (TPSA) is 81.8 Å². The number of nitrogens with zero attached hydrogens (tertiary/aromatic N) is 2. The van der Waals surface area contributed by atoms with E-state index in [0.717, 1.165) is 23.3 Å². The summed E-state index contributed by atoms with van der Waals surface area (Å²) < 4.78 is 0. The fourth-order valence-corrected chi connectivity index (χ4v) is 2.73. The molecule has 0 bridgehead atoms. The first-order chi connectivity index (χ1) is 11.8. The summed E-state index contributed by atoms with van der Waals surface area (Å²) in [6.45, 7) is 6.54. The number of carbonyl (C=O) groups is 3. The van der Waals surface area contributed by atoms with E-state index < -0.39 is 5.54 Å². The van der Waals surface area contributed by atoms with E-state index in [1.165, 1.54) is 7.05 Å². The molecule has 1 aliphatic heterocycles. The van der Waals surface area contributed by atoms with Crippen LogP contribution in [-0.4, -0.2) is 46.9 Å². The Labute approximate surface area is 148 Å². The van der Waals surface area contributed by atoms with Gasteiger partial charge in [0.05, 0.1) is 0 Å². The molecule has 1 saturated heterocycles. The van der Waals surface area contributed by atoms with E-state index in [9.17, 15) is 14.4 Å². The molecule has 1 heterocycles. The number of likely N-dealkylation sites (N-methyl/N-ethyl adjacent to an activating group) is 1. The average Bonchev–Trinajstić information content (AvgIpc) is 2.71. The van der Waals surface area contributed by atoms with Gasteiger partial charge in [0, 0.05) is 25.8 Å². The molecule has 7 nitrogen and oxygen atoms in total. The Morgan fingerprint density at radius 1 is 1.16 bits per heavy atom. The van der Waals surface area contributed by atoms with Crippen molar-refractivity contribution in [3.05, 3.63) is 29.8 Å². The van der Waals surface area contributed by atoms with Crippen molar-refractivity contribution in [3.63, 3.8) is 0 Å². The Balaban J connectivity index is 1.98.